The fourth-order valence-electron chi connectivity index (χ4n) is 1.29. The largest absolute Gasteiger partial charge is 0.326 e. The number of hydrogen-bond acceptors (Lipinski definition) is 3. The van der Waals surface area contributed by atoms with E-state index in [9.17, 15) is 9.59 Å². The summed E-state index contributed by atoms with van der Waals surface area (Å²) in [6, 6.07) is 6.98. The van der Waals surface area contributed by atoms with Crippen molar-refractivity contribution >= 4 is 23.2 Å². The van der Waals surface area contributed by atoms with Crippen LogP contribution in [-0.4, -0.2) is 17.4 Å². The Morgan fingerprint density at radius 2 is 1.40 bits per heavy atom. The molecule has 0 aliphatic rings. The Hall–Kier alpha value is -1.88. The van der Waals surface area contributed by atoms with Gasteiger partial charge in [0.1, 0.15) is 0 Å². The molecule has 110 valence electrons. The second-order valence-electron chi connectivity index (χ2n) is 6.46. The van der Waals surface area contributed by atoms with Crippen molar-refractivity contribution in [3.63, 3.8) is 0 Å². The molecule has 4 N–H and O–H groups in total. The highest BCUT2D eigenvalue weighted by atomic mass is 16.2. The number of carbonyl (C=O) groups is 2. The molecule has 0 fully saturated rings. The monoisotopic (exact) mass is 277 g/mol. The van der Waals surface area contributed by atoms with Crippen molar-refractivity contribution in [3.05, 3.63) is 24.3 Å². The van der Waals surface area contributed by atoms with E-state index in [-0.39, 0.29) is 11.8 Å². The first-order valence-corrected chi connectivity index (χ1v) is 6.52. The number of hydrogen-bond donors (Lipinski definition) is 3. The van der Waals surface area contributed by atoms with Crippen molar-refractivity contribution in [3.8, 4) is 0 Å². The number of amides is 2. The highest BCUT2D eigenvalue weighted by molar-refractivity contribution is 5.99. The zero-order chi connectivity index (χ0) is 15.6. The van der Waals surface area contributed by atoms with E-state index in [1.54, 1.807) is 38.1 Å². The van der Waals surface area contributed by atoms with Crippen LogP contribution in [0.15, 0.2) is 24.3 Å². The van der Waals surface area contributed by atoms with Gasteiger partial charge in [-0.05, 0) is 32.0 Å². The highest BCUT2D eigenvalue weighted by Crippen LogP contribution is 2.20. The van der Waals surface area contributed by atoms with E-state index in [4.69, 9.17) is 5.73 Å². The molecule has 2 amide bonds. The molecule has 0 heterocycles. The first-order valence-electron chi connectivity index (χ1n) is 6.52. The smallest absolute Gasteiger partial charge is 0.243 e. The van der Waals surface area contributed by atoms with E-state index in [0.717, 1.165) is 0 Å². The Labute approximate surface area is 119 Å². The Morgan fingerprint density at radius 3 is 1.80 bits per heavy atom. The van der Waals surface area contributed by atoms with Gasteiger partial charge in [-0.25, -0.2) is 0 Å². The Balaban J connectivity index is 2.82. The van der Waals surface area contributed by atoms with Crippen molar-refractivity contribution in [1.29, 1.82) is 0 Å². The van der Waals surface area contributed by atoms with Crippen LogP contribution in [-0.2, 0) is 9.59 Å². The molecule has 0 spiro atoms. The normalized spacial score (nSPS) is 11.9. The summed E-state index contributed by atoms with van der Waals surface area (Å²) in [4.78, 5) is 23.7. The second kappa shape index (κ2) is 5.63. The molecule has 1 aromatic carbocycles. The molecule has 5 heteroatoms. The van der Waals surface area contributed by atoms with Gasteiger partial charge in [-0.3, -0.25) is 9.59 Å². The van der Waals surface area contributed by atoms with Gasteiger partial charge in [-0.15, -0.1) is 0 Å². The number of nitrogens with two attached hydrogens (primary N) is 1. The van der Waals surface area contributed by atoms with Crippen molar-refractivity contribution in [1.82, 2.24) is 0 Å². The van der Waals surface area contributed by atoms with Gasteiger partial charge >= 0.3 is 0 Å². The summed E-state index contributed by atoms with van der Waals surface area (Å²) in [5, 5.41) is 5.53. The van der Waals surface area contributed by atoms with Gasteiger partial charge in [0, 0.05) is 16.8 Å². The molecule has 0 aromatic heterocycles. The van der Waals surface area contributed by atoms with Crippen LogP contribution in [0.3, 0.4) is 0 Å². The minimum atomic E-state index is -0.954. The molecule has 1 rings (SSSR count). The Kier molecular flexibility index (Phi) is 4.55. The van der Waals surface area contributed by atoms with Crippen molar-refractivity contribution < 1.29 is 9.59 Å². The van der Waals surface area contributed by atoms with Gasteiger partial charge in [0.25, 0.3) is 0 Å². The highest BCUT2D eigenvalue weighted by Gasteiger charge is 2.23. The maximum Gasteiger partial charge on any atom is 0.243 e. The fraction of sp³-hybridized carbons (Fsp3) is 0.467. The quantitative estimate of drug-likeness (QED) is 0.793. The molecule has 0 aliphatic carbocycles. The van der Waals surface area contributed by atoms with Crippen LogP contribution in [0.4, 0.5) is 11.4 Å². The number of rotatable bonds is 3. The standard InChI is InChI=1S/C15H23N3O2/c1-14(2,3)12(19)17-10-7-6-8-11(9-10)18-13(20)15(4,5)16/h6-9H,16H2,1-5H3,(H,17,19)(H,18,20). The van der Waals surface area contributed by atoms with Gasteiger partial charge in [-0.1, -0.05) is 26.8 Å². The van der Waals surface area contributed by atoms with Crippen LogP contribution < -0.4 is 16.4 Å². The second-order valence-corrected chi connectivity index (χ2v) is 6.46. The maximum absolute atomic E-state index is 11.9. The van der Waals surface area contributed by atoms with Gasteiger partial charge in [0.15, 0.2) is 0 Å². The molecular formula is C15H23N3O2. The predicted molar refractivity (Wildman–Crippen MR) is 81.4 cm³/mol. The van der Waals surface area contributed by atoms with Gasteiger partial charge < -0.3 is 16.4 Å². The molecular weight excluding hydrogens is 254 g/mol. The van der Waals surface area contributed by atoms with Crippen molar-refractivity contribution in [2.75, 3.05) is 10.6 Å². The van der Waals surface area contributed by atoms with Crippen LogP contribution in [0, 0.1) is 5.41 Å². The first kappa shape index (κ1) is 16.2. The molecule has 0 unspecified atom stereocenters. The summed E-state index contributed by atoms with van der Waals surface area (Å²) in [5.74, 6) is -0.364. The van der Waals surface area contributed by atoms with Crippen LogP contribution in [0.2, 0.25) is 0 Å². The summed E-state index contributed by atoms with van der Waals surface area (Å²) >= 11 is 0. The molecule has 0 saturated heterocycles. The summed E-state index contributed by atoms with van der Waals surface area (Å²) in [7, 11) is 0. The Bertz CT molecular complexity index is 467. The van der Waals surface area contributed by atoms with E-state index in [1.165, 1.54) is 0 Å². The molecule has 0 aliphatic heterocycles. The van der Waals surface area contributed by atoms with E-state index in [2.05, 4.69) is 10.6 Å². The minimum Gasteiger partial charge on any atom is -0.326 e. The summed E-state index contributed by atoms with van der Waals surface area (Å²) in [6.45, 7) is 8.78. The number of anilines is 2. The number of benzene rings is 1. The average molecular weight is 277 g/mol. The van der Waals surface area contributed by atoms with E-state index < -0.39 is 11.0 Å². The molecule has 5 nitrogen and oxygen atoms in total. The van der Waals surface area contributed by atoms with Crippen LogP contribution in [0.25, 0.3) is 0 Å². The lowest BCUT2D eigenvalue weighted by Gasteiger charge is -2.19. The number of nitrogens with one attached hydrogen (secondary N) is 2. The van der Waals surface area contributed by atoms with Crippen LogP contribution in [0.5, 0.6) is 0 Å². The van der Waals surface area contributed by atoms with E-state index in [1.807, 2.05) is 20.8 Å². The maximum atomic E-state index is 11.9. The topological polar surface area (TPSA) is 84.2 Å². The van der Waals surface area contributed by atoms with Crippen molar-refractivity contribution in [2.45, 2.75) is 40.2 Å². The number of carbonyl (C=O) groups excluding carboxylic acids is 2. The SMILES string of the molecule is CC(C)(C)C(=O)Nc1cccc(NC(=O)C(C)(C)N)c1. The Morgan fingerprint density at radius 1 is 0.950 bits per heavy atom. The third-order valence-corrected chi connectivity index (χ3v) is 2.64. The van der Waals surface area contributed by atoms with E-state index in [0.29, 0.717) is 11.4 Å². The lowest BCUT2D eigenvalue weighted by atomic mass is 9.95. The van der Waals surface area contributed by atoms with Crippen molar-refractivity contribution in [2.24, 2.45) is 11.1 Å². The predicted octanol–water partition coefficient (Wildman–Crippen LogP) is 2.35. The summed E-state index contributed by atoms with van der Waals surface area (Å²) < 4.78 is 0. The fourth-order valence-corrected chi connectivity index (χ4v) is 1.29. The minimum absolute atomic E-state index is 0.0832. The molecule has 0 bridgehead atoms. The summed E-state index contributed by atoms with van der Waals surface area (Å²) in [6.07, 6.45) is 0. The lowest BCUT2D eigenvalue weighted by Crippen LogP contribution is -2.45. The third-order valence-electron chi connectivity index (χ3n) is 2.64. The summed E-state index contributed by atoms with van der Waals surface area (Å²) in [5.41, 5.74) is 5.53. The lowest BCUT2D eigenvalue weighted by molar-refractivity contribution is -0.123. The van der Waals surface area contributed by atoms with Crippen LogP contribution >= 0.6 is 0 Å². The van der Waals surface area contributed by atoms with E-state index >= 15 is 0 Å². The average Bonchev–Trinajstić information content (AvgIpc) is 2.26. The van der Waals surface area contributed by atoms with Gasteiger partial charge in [0.05, 0.1) is 5.54 Å². The molecule has 0 saturated carbocycles. The van der Waals surface area contributed by atoms with Gasteiger partial charge in [0.2, 0.25) is 11.8 Å². The zero-order valence-corrected chi connectivity index (χ0v) is 12.7. The molecule has 1 aromatic rings. The molecule has 20 heavy (non-hydrogen) atoms. The van der Waals surface area contributed by atoms with Crippen LogP contribution in [0.1, 0.15) is 34.6 Å². The van der Waals surface area contributed by atoms with Gasteiger partial charge in [-0.2, -0.15) is 0 Å². The first-order chi connectivity index (χ1) is 9.00. The zero-order valence-electron chi connectivity index (χ0n) is 12.7. The molecule has 0 radical (unpaired) electrons. The third kappa shape index (κ3) is 4.66. The molecule has 0 atom stereocenters.